The molecule has 3 saturated heterocycles. The topological polar surface area (TPSA) is 111 Å². The van der Waals surface area contributed by atoms with E-state index >= 15 is 0 Å². The van der Waals surface area contributed by atoms with Crippen LogP contribution in [0.15, 0.2) is 0 Å². The van der Waals surface area contributed by atoms with Crippen molar-refractivity contribution in [2.24, 2.45) is 17.8 Å². The molecule has 192 valence electrons. The third-order valence-corrected chi connectivity index (χ3v) is 10.3. The maximum atomic E-state index is 13.6. The van der Waals surface area contributed by atoms with E-state index in [-0.39, 0.29) is 36.2 Å². The van der Waals surface area contributed by atoms with Gasteiger partial charge in [0, 0.05) is 57.7 Å². The number of urea groups is 1. The Bertz CT molecular complexity index is 909. The van der Waals surface area contributed by atoms with Gasteiger partial charge in [0.25, 0.3) is 0 Å². The number of nitrogens with zero attached hydrogens (tertiary/aromatic N) is 3. The van der Waals surface area contributed by atoms with Crippen molar-refractivity contribution in [3.63, 3.8) is 0 Å². The number of fused-ring (bicyclic) bond motifs is 1. The van der Waals surface area contributed by atoms with Crippen molar-refractivity contribution >= 4 is 22.0 Å². The Morgan fingerprint density at radius 1 is 1.18 bits per heavy atom. The second kappa shape index (κ2) is 9.27. The normalized spacial score (nSPS) is 36.2. The van der Waals surface area contributed by atoms with Crippen molar-refractivity contribution in [2.75, 3.05) is 53.1 Å². The molecule has 5 atom stereocenters. The van der Waals surface area contributed by atoms with Gasteiger partial charge in [0.05, 0.1) is 23.3 Å². The Hall–Kier alpha value is -1.34. The molecule has 12 heteroatoms. The number of carbonyl (C=O) groups is 2. The molecule has 0 spiro atoms. The summed E-state index contributed by atoms with van der Waals surface area (Å²) >= 11 is 0. The highest BCUT2D eigenvalue weighted by Crippen LogP contribution is 2.41. The minimum Gasteiger partial charge on any atom is -0.381 e. The largest absolute Gasteiger partial charge is 0.381 e. The second-order valence-corrected chi connectivity index (χ2v) is 12.9. The van der Waals surface area contributed by atoms with Gasteiger partial charge >= 0.3 is 6.03 Å². The number of nitrogens with one attached hydrogen (secondary N) is 2. The molecule has 0 aromatic heterocycles. The van der Waals surface area contributed by atoms with E-state index in [1.54, 1.807) is 0 Å². The van der Waals surface area contributed by atoms with Crippen LogP contribution >= 0.6 is 0 Å². The average molecular weight is 502 g/mol. The van der Waals surface area contributed by atoms with Crippen LogP contribution in [0.3, 0.4) is 0 Å². The number of sulfonamides is 1. The Balaban J connectivity index is 1.35. The van der Waals surface area contributed by atoms with Crippen LogP contribution in [-0.4, -0.2) is 105 Å². The SMILES string of the molecule is CN1CC(CN2C(=O)C3CC(S(=O)(=O)NC4(CF)CC4)CCC3N(CC3CCOC3)C2=O)CN1. The number of hydrazine groups is 1. The lowest BCUT2D eigenvalue weighted by Gasteiger charge is -2.49. The molecule has 0 radical (unpaired) electrons. The molecule has 0 bridgehead atoms. The Morgan fingerprint density at radius 3 is 2.59 bits per heavy atom. The third kappa shape index (κ3) is 4.71. The molecular weight excluding hydrogens is 465 g/mol. The van der Waals surface area contributed by atoms with Crippen molar-refractivity contribution in [2.45, 2.75) is 55.4 Å². The van der Waals surface area contributed by atoms with Gasteiger partial charge in [-0.25, -0.2) is 27.3 Å². The summed E-state index contributed by atoms with van der Waals surface area (Å²) in [6.07, 6.45) is 2.84. The predicted molar refractivity (Wildman–Crippen MR) is 122 cm³/mol. The van der Waals surface area contributed by atoms with E-state index in [1.807, 2.05) is 17.0 Å². The first-order chi connectivity index (χ1) is 16.2. The molecule has 5 rings (SSSR count). The van der Waals surface area contributed by atoms with Crippen molar-refractivity contribution in [3.05, 3.63) is 0 Å². The van der Waals surface area contributed by atoms with Crippen molar-refractivity contribution < 1.29 is 27.1 Å². The third-order valence-electron chi connectivity index (χ3n) is 8.23. The summed E-state index contributed by atoms with van der Waals surface area (Å²) in [4.78, 5) is 30.3. The first kappa shape index (κ1) is 24.4. The van der Waals surface area contributed by atoms with Crippen LogP contribution < -0.4 is 10.1 Å². The molecule has 3 aliphatic heterocycles. The van der Waals surface area contributed by atoms with Crippen LogP contribution in [0.5, 0.6) is 0 Å². The molecule has 5 fully saturated rings. The molecule has 5 unspecified atom stereocenters. The highest BCUT2D eigenvalue weighted by molar-refractivity contribution is 7.90. The van der Waals surface area contributed by atoms with Crippen molar-refractivity contribution in [1.29, 1.82) is 0 Å². The van der Waals surface area contributed by atoms with Gasteiger partial charge in [0.1, 0.15) is 6.67 Å². The van der Waals surface area contributed by atoms with Crippen LogP contribution in [0.1, 0.15) is 38.5 Å². The first-order valence-corrected chi connectivity index (χ1v) is 14.0. The maximum absolute atomic E-state index is 13.6. The van der Waals surface area contributed by atoms with Gasteiger partial charge in [-0.05, 0) is 38.5 Å². The number of imide groups is 1. The number of rotatable bonds is 8. The van der Waals surface area contributed by atoms with E-state index < -0.39 is 33.4 Å². The van der Waals surface area contributed by atoms with Gasteiger partial charge in [-0.2, -0.15) is 0 Å². The minimum absolute atomic E-state index is 0.121. The van der Waals surface area contributed by atoms with E-state index in [9.17, 15) is 22.4 Å². The van der Waals surface area contributed by atoms with Gasteiger partial charge in [0.2, 0.25) is 15.9 Å². The monoisotopic (exact) mass is 501 g/mol. The Labute approximate surface area is 200 Å². The van der Waals surface area contributed by atoms with Gasteiger partial charge in [0.15, 0.2) is 0 Å². The number of hydrogen-bond acceptors (Lipinski definition) is 7. The van der Waals surface area contributed by atoms with Crippen LogP contribution in [-0.2, 0) is 19.6 Å². The molecule has 2 N–H and O–H groups in total. The number of amides is 3. The molecule has 2 aliphatic carbocycles. The smallest absolute Gasteiger partial charge is 0.326 e. The molecule has 5 aliphatic rings. The summed E-state index contributed by atoms with van der Waals surface area (Å²) in [6, 6.07) is -0.565. The summed E-state index contributed by atoms with van der Waals surface area (Å²) in [7, 11) is -1.84. The highest BCUT2D eigenvalue weighted by atomic mass is 32.2. The Kier molecular flexibility index (Phi) is 6.64. The van der Waals surface area contributed by atoms with Crippen molar-refractivity contribution in [3.8, 4) is 0 Å². The molecule has 10 nitrogen and oxygen atoms in total. The molecule has 34 heavy (non-hydrogen) atoms. The van der Waals surface area contributed by atoms with Crippen LogP contribution in [0, 0.1) is 17.8 Å². The van der Waals surface area contributed by atoms with E-state index in [2.05, 4.69) is 10.1 Å². The standard InChI is InChI=1S/C22H36FN5O5S/c1-26-10-16(9-24-26)12-28-20(29)18-8-17(34(31,32)25-22(14-23)5-6-22)2-3-19(18)27(21(28)30)11-15-4-7-33-13-15/h15-19,24-25H,2-14H2,1H3. The van der Waals surface area contributed by atoms with E-state index in [0.717, 1.165) is 13.0 Å². The van der Waals surface area contributed by atoms with Crippen molar-refractivity contribution in [1.82, 2.24) is 25.0 Å². The summed E-state index contributed by atoms with van der Waals surface area (Å²) in [5, 5.41) is 1.20. The first-order valence-electron chi connectivity index (χ1n) is 12.4. The lowest BCUT2D eigenvalue weighted by atomic mass is 9.80. The summed E-state index contributed by atoms with van der Waals surface area (Å²) in [5.41, 5.74) is 2.26. The van der Waals surface area contributed by atoms with E-state index in [4.69, 9.17) is 4.74 Å². The fourth-order valence-electron chi connectivity index (χ4n) is 6.00. The zero-order valence-corrected chi connectivity index (χ0v) is 20.6. The number of ether oxygens (including phenoxy) is 1. The molecule has 2 saturated carbocycles. The average Bonchev–Trinajstić information content (AvgIpc) is 3.17. The van der Waals surface area contributed by atoms with E-state index in [1.165, 1.54) is 4.90 Å². The van der Waals surface area contributed by atoms with Gasteiger partial charge < -0.3 is 9.64 Å². The summed E-state index contributed by atoms with van der Waals surface area (Å²) in [6.45, 7) is 2.81. The maximum Gasteiger partial charge on any atom is 0.326 e. The fraction of sp³-hybridized carbons (Fsp3) is 0.909. The number of alkyl halides is 1. The Morgan fingerprint density at radius 2 is 1.97 bits per heavy atom. The predicted octanol–water partition coefficient (Wildman–Crippen LogP) is 0.312. The summed E-state index contributed by atoms with van der Waals surface area (Å²) in [5.74, 6) is -0.491. The van der Waals surface area contributed by atoms with Gasteiger partial charge in [-0.1, -0.05) is 0 Å². The second-order valence-electron chi connectivity index (χ2n) is 10.9. The molecule has 0 aromatic rings. The molecule has 3 heterocycles. The fourth-order valence-corrected chi connectivity index (χ4v) is 7.93. The summed E-state index contributed by atoms with van der Waals surface area (Å²) < 4.78 is 47.6. The van der Waals surface area contributed by atoms with Gasteiger partial charge in [-0.15, -0.1) is 0 Å². The zero-order chi connectivity index (χ0) is 24.1. The molecule has 0 aromatic carbocycles. The lowest BCUT2D eigenvalue weighted by Crippen LogP contribution is -2.65. The minimum atomic E-state index is -3.77. The number of halogens is 1. The highest BCUT2D eigenvalue weighted by Gasteiger charge is 2.53. The van der Waals surface area contributed by atoms with Crippen LogP contribution in [0.4, 0.5) is 9.18 Å². The quantitative estimate of drug-likeness (QED) is 0.493. The zero-order valence-electron chi connectivity index (χ0n) is 19.7. The lowest BCUT2D eigenvalue weighted by molar-refractivity contribution is -0.141. The molecule has 3 amide bonds. The van der Waals surface area contributed by atoms with Crippen LogP contribution in [0.2, 0.25) is 0 Å². The van der Waals surface area contributed by atoms with E-state index in [0.29, 0.717) is 58.5 Å². The van der Waals surface area contributed by atoms with Gasteiger partial charge in [-0.3, -0.25) is 15.1 Å². The molecular formula is C22H36FN5O5S. The number of hydrogen-bond donors (Lipinski definition) is 2. The van der Waals surface area contributed by atoms with Crippen LogP contribution in [0.25, 0.3) is 0 Å². The number of carbonyl (C=O) groups excluding carboxylic acids is 2.